The van der Waals surface area contributed by atoms with E-state index in [1.807, 2.05) is 31.2 Å². The van der Waals surface area contributed by atoms with Crippen molar-refractivity contribution >= 4 is 15.7 Å². The van der Waals surface area contributed by atoms with Gasteiger partial charge >= 0.3 is 0 Å². The Kier molecular flexibility index (Phi) is 6.01. The Bertz CT molecular complexity index is 537. The summed E-state index contributed by atoms with van der Waals surface area (Å²) in [7, 11) is -1.52. The van der Waals surface area contributed by atoms with Crippen molar-refractivity contribution in [2.24, 2.45) is 0 Å². The van der Waals surface area contributed by atoms with Gasteiger partial charge in [0, 0.05) is 12.7 Å². The summed E-state index contributed by atoms with van der Waals surface area (Å²) in [5, 5.41) is 2.85. The van der Waals surface area contributed by atoms with E-state index in [9.17, 15) is 13.2 Å². The molecule has 1 N–H and O–H groups in total. The van der Waals surface area contributed by atoms with Crippen LogP contribution in [0.3, 0.4) is 0 Å². The number of hydrogen-bond donors (Lipinski definition) is 1. The largest absolute Gasteiger partial charge is 0.497 e. The molecule has 20 heavy (non-hydrogen) atoms. The third kappa shape index (κ3) is 5.61. The van der Waals surface area contributed by atoms with Gasteiger partial charge in [0.1, 0.15) is 15.6 Å². The molecule has 0 aromatic heterocycles. The Hall–Kier alpha value is -1.56. The fourth-order valence-corrected chi connectivity index (χ4v) is 2.36. The second-order valence-corrected chi connectivity index (χ2v) is 6.94. The summed E-state index contributed by atoms with van der Waals surface area (Å²) >= 11 is 0. The lowest BCUT2D eigenvalue weighted by atomic mass is 10.0. The lowest BCUT2D eigenvalue weighted by Gasteiger charge is -2.17. The fourth-order valence-electron chi connectivity index (χ4n) is 1.80. The van der Waals surface area contributed by atoms with Crippen LogP contribution in [0.25, 0.3) is 0 Å². The molecule has 0 saturated carbocycles. The third-order valence-corrected chi connectivity index (χ3v) is 3.91. The quantitative estimate of drug-likeness (QED) is 0.831. The molecule has 1 amide bonds. The molecule has 0 aliphatic rings. The summed E-state index contributed by atoms with van der Waals surface area (Å²) in [5.41, 5.74) is 0.973. The molecule has 6 heteroatoms. The molecule has 1 aromatic carbocycles. The van der Waals surface area contributed by atoms with Crippen LogP contribution in [0.15, 0.2) is 24.3 Å². The molecule has 0 bridgehead atoms. The van der Waals surface area contributed by atoms with Crippen LogP contribution < -0.4 is 10.1 Å². The van der Waals surface area contributed by atoms with Gasteiger partial charge in [-0.1, -0.05) is 19.1 Å². The average molecular weight is 299 g/mol. The zero-order valence-corrected chi connectivity index (χ0v) is 12.9. The Labute approximate surface area is 120 Å². The zero-order valence-electron chi connectivity index (χ0n) is 12.0. The number of carbonyl (C=O) groups is 1. The summed E-state index contributed by atoms with van der Waals surface area (Å²) in [6.07, 6.45) is 1.85. The fraction of sp³-hybridized carbons (Fsp3) is 0.500. The number of nitrogens with one attached hydrogen (secondary N) is 1. The normalized spacial score (nSPS) is 12.8. The maximum atomic E-state index is 11.8. The average Bonchev–Trinajstić information content (AvgIpc) is 2.42. The molecule has 1 unspecified atom stereocenters. The van der Waals surface area contributed by atoms with E-state index >= 15 is 0 Å². The topological polar surface area (TPSA) is 72.5 Å². The van der Waals surface area contributed by atoms with Crippen LogP contribution >= 0.6 is 0 Å². The van der Waals surface area contributed by atoms with Crippen LogP contribution in [0.5, 0.6) is 5.75 Å². The van der Waals surface area contributed by atoms with Gasteiger partial charge in [0.25, 0.3) is 0 Å². The molecule has 112 valence electrons. The monoisotopic (exact) mass is 299 g/mol. The van der Waals surface area contributed by atoms with Crippen LogP contribution in [-0.4, -0.2) is 33.4 Å². The van der Waals surface area contributed by atoms with Crippen molar-refractivity contribution in [3.8, 4) is 5.75 Å². The van der Waals surface area contributed by atoms with Crippen molar-refractivity contribution in [2.75, 3.05) is 19.1 Å². The predicted molar refractivity (Wildman–Crippen MR) is 78.5 cm³/mol. The number of amides is 1. The van der Waals surface area contributed by atoms with E-state index in [1.54, 1.807) is 7.11 Å². The number of hydrogen-bond acceptors (Lipinski definition) is 4. The molecule has 0 aliphatic heterocycles. The first-order chi connectivity index (χ1) is 9.35. The second kappa shape index (κ2) is 7.28. The summed E-state index contributed by atoms with van der Waals surface area (Å²) < 4.78 is 27.2. The highest BCUT2D eigenvalue weighted by Gasteiger charge is 2.14. The maximum Gasteiger partial charge on any atom is 0.221 e. The first kappa shape index (κ1) is 16.5. The van der Waals surface area contributed by atoms with Crippen molar-refractivity contribution in [3.05, 3.63) is 29.8 Å². The van der Waals surface area contributed by atoms with Gasteiger partial charge in [0.05, 0.1) is 18.9 Å². The van der Waals surface area contributed by atoms with Crippen LogP contribution in [0.1, 0.15) is 31.4 Å². The predicted octanol–water partition coefficient (Wildman–Crippen LogP) is 1.70. The standard InChI is InChI=1S/C14H21NO4S/c1-4-13(11-5-7-12(19-2)8-6-11)15-14(16)9-10-20(3,17)18/h5-8,13H,4,9-10H2,1-3H3,(H,15,16). The van der Waals surface area contributed by atoms with Gasteiger partial charge in [-0.15, -0.1) is 0 Å². The van der Waals surface area contributed by atoms with E-state index in [4.69, 9.17) is 4.74 Å². The van der Waals surface area contributed by atoms with Crippen molar-refractivity contribution in [3.63, 3.8) is 0 Å². The van der Waals surface area contributed by atoms with Crippen molar-refractivity contribution in [1.29, 1.82) is 0 Å². The molecule has 0 fully saturated rings. The van der Waals surface area contributed by atoms with Crippen LogP contribution in [0.2, 0.25) is 0 Å². The Morgan fingerprint density at radius 3 is 2.35 bits per heavy atom. The highest BCUT2D eigenvalue weighted by Crippen LogP contribution is 2.20. The van der Waals surface area contributed by atoms with Gasteiger partial charge in [-0.05, 0) is 24.1 Å². The molecular formula is C14H21NO4S. The third-order valence-electron chi connectivity index (χ3n) is 2.96. The summed E-state index contributed by atoms with van der Waals surface area (Å²) in [6, 6.07) is 7.34. The molecule has 0 radical (unpaired) electrons. The second-order valence-electron chi connectivity index (χ2n) is 4.68. The zero-order chi connectivity index (χ0) is 15.2. The van der Waals surface area contributed by atoms with E-state index in [0.717, 1.165) is 24.0 Å². The summed E-state index contributed by atoms with van der Waals surface area (Å²) in [6.45, 7) is 1.96. The lowest BCUT2D eigenvalue weighted by molar-refractivity contribution is -0.121. The number of benzene rings is 1. The Balaban J connectivity index is 2.64. The number of ether oxygens (including phenoxy) is 1. The van der Waals surface area contributed by atoms with Crippen LogP contribution in [-0.2, 0) is 14.6 Å². The molecule has 0 saturated heterocycles. The number of methoxy groups -OCH3 is 1. The molecule has 0 heterocycles. The molecular weight excluding hydrogens is 278 g/mol. The van der Waals surface area contributed by atoms with Gasteiger partial charge in [-0.2, -0.15) is 0 Å². The van der Waals surface area contributed by atoms with E-state index in [-0.39, 0.29) is 24.1 Å². The lowest BCUT2D eigenvalue weighted by Crippen LogP contribution is -2.29. The van der Waals surface area contributed by atoms with E-state index < -0.39 is 9.84 Å². The first-order valence-corrected chi connectivity index (χ1v) is 8.52. The molecule has 0 spiro atoms. The molecule has 1 atom stereocenters. The molecule has 1 rings (SSSR count). The van der Waals surface area contributed by atoms with Crippen molar-refractivity contribution in [1.82, 2.24) is 5.32 Å². The SMILES string of the molecule is CCC(NC(=O)CCS(C)(=O)=O)c1ccc(OC)cc1. The Morgan fingerprint density at radius 1 is 1.30 bits per heavy atom. The van der Waals surface area contributed by atoms with Gasteiger partial charge in [-0.3, -0.25) is 4.79 Å². The molecule has 0 aliphatic carbocycles. The minimum atomic E-state index is -3.11. The highest BCUT2D eigenvalue weighted by atomic mass is 32.2. The van der Waals surface area contributed by atoms with Crippen LogP contribution in [0, 0.1) is 0 Å². The van der Waals surface area contributed by atoms with E-state index in [2.05, 4.69) is 5.32 Å². The minimum absolute atomic E-state index is 0.00844. The van der Waals surface area contributed by atoms with Gasteiger partial charge < -0.3 is 10.1 Å². The van der Waals surface area contributed by atoms with Crippen molar-refractivity contribution < 1.29 is 17.9 Å². The van der Waals surface area contributed by atoms with Crippen molar-refractivity contribution in [2.45, 2.75) is 25.8 Å². The Morgan fingerprint density at radius 2 is 1.90 bits per heavy atom. The summed E-state index contributed by atoms with van der Waals surface area (Å²) in [5.74, 6) is 0.378. The molecule has 5 nitrogen and oxygen atoms in total. The van der Waals surface area contributed by atoms with Crippen LogP contribution in [0.4, 0.5) is 0 Å². The minimum Gasteiger partial charge on any atom is -0.497 e. The highest BCUT2D eigenvalue weighted by molar-refractivity contribution is 7.90. The maximum absolute atomic E-state index is 11.8. The smallest absolute Gasteiger partial charge is 0.221 e. The number of rotatable bonds is 7. The summed E-state index contributed by atoms with van der Waals surface area (Å²) in [4.78, 5) is 11.8. The van der Waals surface area contributed by atoms with Gasteiger partial charge in [0.15, 0.2) is 0 Å². The first-order valence-electron chi connectivity index (χ1n) is 6.46. The van der Waals surface area contributed by atoms with E-state index in [1.165, 1.54) is 0 Å². The number of carbonyl (C=O) groups excluding carboxylic acids is 1. The molecule has 1 aromatic rings. The van der Waals surface area contributed by atoms with E-state index in [0.29, 0.717) is 0 Å². The number of sulfone groups is 1. The van der Waals surface area contributed by atoms with Gasteiger partial charge in [-0.25, -0.2) is 8.42 Å². The van der Waals surface area contributed by atoms with Gasteiger partial charge in [0.2, 0.25) is 5.91 Å².